The Kier molecular flexibility index (Phi) is 5.09. The van der Waals surface area contributed by atoms with Gasteiger partial charge in [0.2, 0.25) is 0 Å². The maximum atomic E-state index is 12.1. The predicted octanol–water partition coefficient (Wildman–Crippen LogP) is 4.12. The molecule has 0 spiro atoms. The predicted molar refractivity (Wildman–Crippen MR) is 104 cm³/mol. The number of rotatable bonds is 4. The zero-order valence-electron chi connectivity index (χ0n) is 14.4. The van der Waals surface area contributed by atoms with E-state index in [0.29, 0.717) is 5.56 Å². The standard InChI is InChI=1S/C20H18ClN3O2/c1-13-16(11-18(24(13)2)14-6-4-3-5-7-14)12-22-23-20(26)15-8-9-19(25)17(21)10-15/h3-12,25H,1-2H3,(H,23,26). The highest BCUT2D eigenvalue weighted by Crippen LogP contribution is 2.24. The number of phenols is 1. The minimum atomic E-state index is -0.403. The highest BCUT2D eigenvalue weighted by molar-refractivity contribution is 6.32. The van der Waals surface area contributed by atoms with E-state index in [2.05, 4.69) is 15.1 Å². The summed E-state index contributed by atoms with van der Waals surface area (Å²) < 4.78 is 2.08. The van der Waals surface area contributed by atoms with Gasteiger partial charge in [0.25, 0.3) is 5.91 Å². The van der Waals surface area contributed by atoms with Crippen LogP contribution in [0.2, 0.25) is 5.02 Å². The maximum absolute atomic E-state index is 12.1. The number of carbonyl (C=O) groups is 1. The molecule has 3 aromatic rings. The summed E-state index contributed by atoms with van der Waals surface area (Å²) in [5, 5.41) is 13.6. The maximum Gasteiger partial charge on any atom is 0.271 e. The molecule has 0 radical (unpaired) electrons. The van der Waals surface area contributed by atoms with Crippen LogP contribution in [0, 0.1) is 6.92 Å². The van der Waals surface area contributed by atoms with Crippen molar-refractivity contribution in [2.24, 2.45) is 12.1 Å². The third-order valence-corrected chi connectivity index (χ3v) is 4.53. The van der Waals surface area contributed by atoms with E-state index in [4.69, 9.17) is 11.6 Å². The minimum absolute atomic E-state index is 0.0694. The van der Waals surface area contributed by atoms with E-state index in [0.717, 1.165) is 22.5 Å². The average Bonchev–Trinajstić information content (AvgIpc) is 2.93. The number of carbonyl (C=O) groups excluding carboxylic acids is 1. The molecule has 0 atom stereocenters. The third-order valence-electron chi connectivity index (χ3n) is 4.22. The Hall–Kier alpha value is -3.05. The Bertz CT molecular complexity index is 978. The number of hydrogen-bond acceptors (Lipinski definition) is 3. The molecular weight excluding hydrogens is 350 g/mol. The van der Waals surface area contributed by atoms with Crippen LogP contribution in [0.4, 0.5) is 0 Å². The molecule has 0 aliphatic carbocycles. The molecule has 1 aromatic heterocycles. The lowest BCUT2D eigenvalue weighted by atomic mass is 10.1. The number of amides is 1. The van der Waals surface area contributed by atoms with Gasteiger partial charge in [0.05, 0.1) is 11.2 Å². The van der Waals surface area contributed by atoms with Crippen LogP contribution in [0.15, 0.2) is 59.7 Å². The number of phenolic OH excluding ortho intramolecular Hbond substituents is 1. The molecule has 26 heavy (non-hydrogen) atoms. The number of benzene rings is 2. The van der Waals surface area contributed by atoms with Crippen molar-refractivity contribution in [1.29, 1.82) is 0 Å². The van der Waals surface area contributed by atoms with E-state index in [-0.39, 0.29) is 10.8 Å². The zero-order valence-corrected chi connectivity index (χ0v) is 15.2. The van der Waals surface area contributed by atoms with Crippen molar-refractivity contribution in [2.45, 2.75) is 6.92 Å². The third kappa shape index (κ3) is 3.63. The number of hydrogen-bond donors (Lipinski definition) is 2. The fourth-order valence-electron chi connectivity index (χ4n) is 2.61. The summed E-state index contributed by atoms with van der Waals surface area (Å²) in [6.45, 7) is 2.00. The van der Waals surface area contributed by atoms with Gasteiger partial charge in [-0.15, -0.1) is 0 Å². The number of nitrogens with zero attached hydrogens (tertiary/aromatic N) is 2. The minimum Gasteiger partial charge on any atom is -0.506 e. The molecule has 6 heteroatoms. The largest absolute Gasteiger partial charge is 0.506 e. The van der Waals surface area contributed by atoms with Crippen molar-refractivity contribution in [1.82, 2.24) is 9.99 Å². The molecule has 5 nitrogen and oxygen atoms in total. The fourth-order valence-corrected chi connectivity index (χ4v) is 2.79. The molecule has 0 unspecified atom stereocenters. The lowest BCUT2D eigenvalue weighted by Crippen LogP contribution is -2.17. The lowest BCUT2D eigenvalue weighted by molar-refractivity contribution is 0.0955. The van der Waals surface area contributed by atoms with Crippen LogP contribution in [0.1, 0.15) is 21.6 Å². The van der Waals surface area contributed by atoms with Gasteiger partial charge in [0.15, 0.2) is 0 Å². The summed E-state index contributed by atoms with van der Waals surface area (Å²) in [4.78, 5) is 12.1. The SMILES string of the molecule is Cc1c(C=NNC(=O)c2ccc(O)c(Cl)c2)cc(-c2ccccc2)n1C. The van der Waals surface area contributed by atoms with Gasteiger partial charge >= 0.3 is 0 Å². The summed E-state index contributed by atoms with van der Waals surface area (Å²) in [5.41, 5.74) is 6.92. The first kappa shape index (κ1) is 17.8. The van der Waals surface area contributed by atoms with E-state index < -0.39 is 5.91 Å². The second kappa shape index (κ2) is 7.45. The molecule has 0 fully saturated rings. The number of halogens is 1. The Balaban J connectivity index is 1.76. The first-order chi connectivity index (χ1) is 12.5. The first-order valence-electron chi connectivity index (χ1n) is 8.01. The van der Waals surface area contributed by atoms with Crippen LogP contribution in [0.5, 0.6) is 5.75 Å². The molecule has 0 saturated carbocycles. The summed E-state index contributed by atoms with van der Waals surface area (Å²) in [6.07, 6.45) is 1.61. The molecular formula is C20H18ClN3O2. The van der Waals surface area contributed by atoms with Crippen molar-refractivity contribution >= 4 is 23.7 Å². The summed E-state index contributed by atoms with van der Waals surface area (Å²) in [5.74, 6) is -0.472. The molecule has 132 valence electrons. The van der Waals surface area contributed by atoms with Gasteiger partial charge in [0, 0.05) is 29.6 Å². The van der Waals surface area contributed by atoms with Crippen LogP contribution >= 0.6 is 11.6 Å². The normalized spacial score (nSPS) is 11.0. The van der Waals surface area contributed by atoms with Crippen molar-refractivity contribution < 1.29 is 9.90 Å². The molecule has 1 heterocycles. The number of hydrazone groups is 1. The van der Waals surface area contributed by atoms with Crippen LogP contribution in [0.25, 0.3) is 11.3 Å². The Morgan fingerprint density at radius 1 is 1.19 bits per heavy atom. The Labute approximate surface area is 156 Å². The molecule has 0 saturated heterocycles. The molecule has 1 amide bonds. The molecule has 2 aromatic carbocycles. The van der Waals surface area contributed by atoms with E-state index in [9.17, 15) is 9.90 Å². The lowest BCUT2D eigenvalue weighted by Gasteiger charge is -2.04. The van der Waals surface area contributed by atoms with Gasteiger partial charge in [-0.1, -0.05) is 41.9 Å². The topological polar surface area (TPSA) is 66.6 Å². The summed E-state index contributed by atoms with van der Waals surface area (Å²) in [6, 6.07) is 16.3. The molecule has 0 bridgehead atoms. The highest BCUT2D eigenvalue weighted by Gasteiger charge is 2.10. The average molecular weight is 368 g/mol. The van der Waals surface area contributed by atoms with Crippen molar-refractivity contribution in [3.8, 4) is 17.0 Å². The Morgan fingerprint density at radius 3 is 2.62 bits per heavy atom. The smallest absolute Gasteiger partial charge is 0.271 e. The van der Waals surface area contributed by atoms with Crippen molar-refractivity contribution in [2.75, 3.05) is 0 Å². The van der Waals surface area contributed by atoms with Crippen LogP contribution in [0.3, 0.4) is 0 Å². The van der Waals surface area contributed by atoms with Gasteiger partial charge in [-0.3, -0.25) is 4.79 Å². The van der Waals surface area contributed by atoms with Crippen LogP contribution in [-0.2, 0) is 7.05 Å². The van der Waals surface area contributed by atoms with E-state index >= 15 is 0 Å². The quantitative estimate of drug-likeness (QED) is 0.538. The van der Waals surface area contributed by atoms with Crippen LogP contribution < -0.4 is 5.43 Å². The second-order valence-corrected chi connectivity index (χ2v) is 6.27. The van der Waals surface area contributed by atoms with Crippen molar-refractivity contribution in [3.63, 3.8) is 0 Å². The van der Waals surface area contributed by atoms with Gasteiger partial charge in [-0.05, 0) is 36.8 Å². The van der Waals surface area contributed by atoms with Gasteiger partial charge in [0.1, 0.15) is 5.75 Å². The van der Waals surface area contributed by atoms with E-state index in [1.165, 1.54) is 18.2 Å². The summed E-state index contributed by atoms with van der Waals surface area (Å²) in [7, 11) is 1.99. The van der Waals surface area contributed by atoms with Gasteiger partial charge < -0.3 is 9.67 Å². The highest BCUT2D eigenvalue weighted by atomic mass is 35.5. The molecule has 3 rings (SSSR count). The van der Waals surface area contributed by atoms with Crippen LogP contribution in [-0.4, -0.2) is 21.8 Å². The molecule has 0 aliphatic heterocycles. The second-order valence-electron chi connectivity index (χ2n) is 5.86. The van der Waals surface area contributed by atoms with Gasteiger partial charge in [-0.25, -0.2) is 5.43 Å². The number of nitrogens with one attached hydrogen (secondary N) is 1. The van der Waals surface area contributed by atoms with Crippen molar-refractivity contribution in [3.05, 3.63) is 76.4 Å². The van der Waals surface area contributed by atoms with E-state index in [1.54, 1.807) is 6.21 Å². The summed E-state index contributed by atoms with van der Waals surface area (Å²) >= 11 is 5.82. The first-order valence-corrected chi connectivity index (χ1v) is 8.39. The molecule has 0 aliphatic rings. The number of aromatic nitrogens is 1. The Morgan fingerprint density at radius 2 is 1.92 bits per heavy atom. The zero-order chi connectivity index (χ0) is 18.7. The fraction of sp³-hybridized carbons (Fsp3) is 0.100. The number of aromatic hydroxyl groups is 1. The van der Waals surface area contributed by atoms with Gasteiger partial charge in [-0.2, -0.15) is 5.10 Å². The monoisotopic (exact) mass is 367 g/mol. The van der Waals surface area contributed by atoms with E-state index in [1.807, 2.05) is 50.4 Å². The molecule has 2 N–H and O–H groups in total.